The van der Waals surface area contributed by atoms with Gasteiger partial charge >= 0.3 is 0 Å². The number of benzene rings is 3. The molecule has 2 aromatic heterocycles. The molecule has 0 N–H and O–H groups in total. The standard InChI is InChI=1S/C35H32N4.4ClH.2Cu/c1-23-12-13-28(29-16-24(2)34(25(3)17-29)38-21-31-10-6-8-14-36-31)20-33(23)30-18-26(4)35(27(5)19-30)39-22-32-11-7-9-15-37-32;;;;;;/h6-22H,1-5H3;4*1H;;. The average Bonchev–Trinajstić information content (AvgIpc) is 2.93. The van der Waals surface area contributed by atoms with E-state index in [1.807, 2.05) is 48.8 Å². The SMILES string of the molecule is Cc1ccc(-c2cc(C)c(N=Cc3ccccn3)c(C)c2)cc1-c1cc(C)c(N=Cc2ccccn2)c(C)c1.Cl.Cl.Cl.Cl.[Cu].[Cu]. The molecule has 0 aliphatic rings. The van der Waals surface area contributed by atoms with Gasteiger partial charge in [-0.3, -0.25) is 20.0 Å². The van der Waals surface area contributed by atoms with Gasteiger partial charge in [-0.05, 0) is 139 Å². The van der Waals surface area contributed by atoms with Gasteiger partial charge in [-0.1, -0.05) is 24.3 Å². The van der Waals surface area contributed by atoms with Gasteiger partial charge in [0.05, 0.1) is 35.2 Å². The van der Waals surface area contributed by atoms with Crippen molar-refractivity contribution >= 4 is 73.4 Å². The molecule has 45 heavy (non-hydrogen) atoms. The van der Waals surface area contributed by atoms with E-state index >= 15 is 0 Å². The topological polar surface area (TPSA) is 50.5 Å². The summed E-state index contributed by atoms with van der Waals surface area (Å²) >= 11 is 0. The minimum absolute atomic E-state index is 0. The maximum atomic E-state index is 4.76. The molecule has 0 atom stereocenters. The molecule has 0 fully saturated rings. The van der Waals surface area contributed by atoms with E-state index < -0.39 is 0 Å². The molecule has 3 aromatic carbocycles. The Bertz CT molecular complexity index is 1670. The van der Waals surface area contributed by atoms with Gasteiger partial charge < -0.3 is 0 Å². The van der Waals surface area contributed by atoms with Crippen LogP contribution in [-0.2, 0) is 34.1 Å². The molecular formula is C35H36Cl4Cu2N4. The molecular weight excluding hydrogens is 745 g/mol. The van der Waals surface area contributed by atoms with Crippen LogP contribution in [0.2, 0.25) is 0 Å². The van der Waals surface area contributed by atoms with E-state index in [0.29, 0.717) is 0 Å². The second kappa shape index (κ2) is 20.6. The molecule has 246 valence electrons. The molecule has 0 aliphatic carbocycles. The zero-order valence-electron chi connectivity index (χ0n) is 25.3. The number of halogens is 4. The third-order valence-electron chi connectivity index (χ3n) is 6.89. The van der Waals surface area contributed by atoms with E-state index in [1.165, 1.54) is 27.8 Å². The Kier molecular flexibility index (Phi) is 20.4. The Morgan fingerprint density at radius 1 is 0.467 bits per heavy atom. The van der Waals surface area contributed by atoms with Crippen molar-refractivity contribution in [3.63, 3.8) is 0 Å². The van der Waals surface area contributed by atoms with Gasteiger partial charge in [0.25, 0.3) is 0 Å². The molecule has 0 aliphatic heterocycles. The Morgan fingerprint density at radius 2 is 0.889 bits per heavy atom. The minimum atomic E-state index is 0. The van der Waals surface area contributed by atoms with E-state index in [0.717, 1.165) is 45.0 Å². The summed E-state index contributed by atoms with van der Waals surface area (Å²) in [6, 6.07) is 27.3. The number of aliphatic imine (C=N–C) groups is 2. The Balaban J connectivity index is 0. The predicted octanol–water partition coefficient (Wildman–Crippen LogP) is 10.5. The number of nitrogens with zero attached hydrogens (tertiary/aromatic N) is 4. The van der Waals surface area contributed by atoms with Crippen molar-refractivity contribution in [3.8, 4) is 22.3 Å². The molecule has 0 unspecified atom stereocenters. The molecule has 5 rings (SSSR count). The average molecular weight is 782 g/mol. The molecule has 4 nitrogen and oxygen atoms in total. The van der Waals surface area contributed by atoms with Crippen molar-refractivity contribution in [1.82, 2.24) is 9.97 Å². The Labute approximate surface area is 312 Å². The van der Waals surface area contributed by atoms with Crippen LogP contribution in [-0.4, -0.2) is 22.4 Å². The fraction of sp³-hybridized carbons (Fsp3) is 0.143. The summed E-state index contributed by atoms with van der Waals surface area (Å²) in [6.45, 7) is 10.7. The Morgan fingerprint density at radius 3 is 1.29 bits per heavy atom. The number of hydrogen-bond donors (Lipinski definition) is 0. The summed E-state index contributed by atoms with van der Waals surface area (Å²) < 4.78 is 0. The number of pyridine rings is 2. The number of rotatable bonds is 6. The monoisotopic (exact) mass is 778 g/mol. The van der Waals surface area contributed by atoms with Crippen molar-refractivity contribution in [2.24, 2.45) is 9.98 Å². The summed E-state index contributed by atoms with van der Waals surface area (Å²) in [6.07, 6.45) is 7.22. The molecule has 0 spiro atoms. The van der Waals surface area contributed by atoms with Gasteiger partial charge in [-0.2, -0.15) is 0 Å². The zero-order valence-corrected chi connectivity index (χ0v) is 30.5. The molecule has 0 saturated heterocycles. The van der Waals surface area contributed by atoms with Crippen LogP contribution in [0, 0.1) is 34.6 Å². The second-order valence-electron chi connectivity index (χ2n) is 9.97. The van der Waals surface area contributed by atoms with Gasteiger partial charge in [0.2, 0.25) is 0 Å². The third-order valence-corrected chi connectivity index (χ3v) is 6.89. The first-order valence-corrected chi connectivity index (χ1v) is 13.1. The van der Waals surface area contributed by atoms with E-state index in [2.05, 4.69) is 87.1 Å². The van der Waals surface area contributed by atoms with E-state index in [4.69, 9.17) is 9.98 Å². The van der Waals surface area contributed by atoms with Gasteiger partial charge in [0, 0.05) is 46.5 Å². The Hall–Kier alpha value is -2.50. The van der Waals surface area contributed by atoms with Crippen molar-refractivity contribution in [2.75, 3.05) is 0 Å². The van der Waals surface area contributed by atoms with Crippen LogP contribution >= 0.6 is 49.6 Å². The van der Waals surface area contributed by atoms with Crippen LogP contribution in [0.25, 0.3) is 22.3 Å². The van der Waals surface area contributed by atoms with E-state index in [9.17, 15) is 0 Å². The van der Waals surface area contributed by atoms with Crippen LogP contribution in [0.5, 0.6) is 0 Å². The summed E-state index contributed by atoms with van der Waals surface area (Å²) in [5.41, 5.74) is 14.3. The minimum Gasteiger partial charge on any atom is -0.255 e. The van der Waals surface area contributed by atoms with Crippen LogP contribution < -0.4 is 0 Å². The molecule has 5 aromatic rings. The number of aromatic nitrogens is 2. The number of aryl methyl sites for hydroxylation is 5. The first-order chi connectivity index (χ1) is 18.9. The smallest absolute Gasteiger partial charge is 0.0812 e. The van der Waals surface area contributed by atoms with Crippen LogP contribution in [0.15, 0.2) is 101 Å². The predicted molar refractivity (Wildman–Crippen MR) is 193 cm³/mol. The van der Waals surface area contributed by atoms with Crippen molar-refractivity contribution in [2.45, 2.75) is 34.6 Å². The molecule has 0 bridgehead atoms. The maximum Gasteiger partial charge on any atom is 0.0812 e. The first kappa shape index (κ1) is 44.6. The molecule has 0 saturated carbocycles. The van der Waals surface area contributed by atoms with E-state index in [-0.39, 0.29) is 83.8 Å². The number of hydrogen-bond acceptors (Lipinski definition) is 4. The van der Waals surface area contributed by atoms with Crippen molar-refractivity contribution in [1.29, 1.82) is 0 Å². The van der Waals surface area contributed by atoms with Crippen LogP contribution in [0.1, 0.15) is 39.2 Å². The van der Waals surface area contributed by atoms with Crippen molar-refractivity contribution < 1.29 is 34.1 Å². The summed E-state index contributed by atoms with van der Waals surface area (Å²) in [5, 5.41) is 0. The van der Waals surface area contributed by atoms with Gasteiger partial charge in [-0.25, -0.2) is 0 Å². The summed E-state index contributed by atoms with van der Waals surface area (Å²) in [7, 11) is 0. The van der Waals surface area contributed by atoms with E-state index in [1.54, 1.807) is 12.4 Å². The summed E-state index contributed by atoms with van der Waals surface area (Å²) in [4.78, 5) is 18.2. The van der Waals surface area contributed by atoms with Crippen LogP contribution in [0.3, 0.4) is 0 Å². The fourth-order valence-electron chi connectivity index (χ4n) is 4.92. The molecule has 10 heteroatoms. The third kappa shape index (κ3) is 11.1. The van der Waals surface area contributed by atoms with Gasteiger partial charge in [0.1, 0.15) is 0 Å². The van der Waals surface area contributed by atoms with Gasteiger partial charge in [-0.15, -0.1) is 49.6 Å². The normalized spacial score (nSPS) is 9.98. The van der Waals surface area contributed by atoms with Crippen molar-refractivity contribution in [3.05, 3.63) is 130 Å². The summed E-state index contributed by atoms with van der Waals surface area (Å²) in [5.74, 6) is 0. The molecule has 2 radical (unpaired) electrons. The zero-order chi connectivity index (χ0) is 27.4. The quantitative estimate of drug-likeness (QED) is 0.127. The molecule has 2 heterocycles. The largest absolute Gasteiger partial charge is 0.255 e. The second-order valence-corrected chi connectivity index (χ2v) is 9.97. The maximum absolute atomic E-state index is 4.76. The molecule has 0 amide bonds. The van der Waals surface area contributed by atoms with Crippen LogP contribution in [0.4, 0.5) is 11.4 Å². The fourth-order valence-corrected chi connectivity index (χ4v) is 4.92. The van der Waals surface area contributed by atoms with Gasteiger partial charge in [0.15, 0.2) is 0 Å². The first-order valence-electron chi connectivity index (χ1n) is 13.1.